The zero-order valence-corrected chi connectivity index (χ0v) is 10.9. The van der Waals surface area contributed by atoms with Gasteiger partial charge in [-0.2, -0.15) is 0 Å². The molecule has 0 amide bonds. The summed E-state index contributed by atoms with van der Waals surface area (Å²) in [6.07, 6.45) is 4.04. The van der Waals surface area contributed by atoms with Gasteiger partial charge in [0.05, 0.1) is 12.1 Å². The van der Waals surface area contributed by atoms with E-state index in [0.29, 0.717) is 25.7 Å². The first-order valence-electron chi connectivity index (χ1n) is 6.17. The van der Waals surface area contributed by atoms with E-state index < -0.39 is 0 Å². The molecule has 0 saturated heterocycles. The summed E-state index contributed by atoms with van der Waals surface area (Å²) in [7, 11) is 0. The molecule has 0 aliphatic carbocycles. The summed E-state index contributed by atoms with van der Waals surface area (Å²) in [5, 5.41) is 0. The second-order valence-electron chi connectivity index (χ2n) is 4.93. The molecular formula is C15H19NO2. The van der Waals surface area contributed by atoms with Crippen LogP contribution in [-0.4, -0.2) is 31.3 Å². The van der Waals surface area contributed by atoms with E-state index in [1.165, 1.54) is 5.56 Å². The van der Waals surface area contributed by atoms with Gasteiger partial charge < -0.3 is 9.47 Å². The third kappa shape index (κ3) is 4.00. The van der Waals surface area contributed by atoms with Crippen LogP contribution in [0.5, 0.6) is 0 Å². The molecule has 3 heteroatoms. The third-order valence-corrected chi connectivity index (χ3v) is 2.57. The van der Waals surface area contributed by atoms with Crippen molar-refractivity contribution in [3.8, 4) is 0 Å². The Morgan fingerprint density at radius 3 is 2.78 bits per heavy atom. The zero-order chi connectivity index (χ0) is 12.8. The molecule has 0 atom stereocenters. The van der Waals surface area contributed by atoms with Crippen molar-refractivity contribution < 1.29 is 9.47 Å². The van der Waals surface area contributed by atoms with Crippen LogP contribution in [0.2, 0.25) is 0 Å². The monoisotopic (exact) mass is 245 g/mol. The van der Waals surface area contributed by atoms with Crippen LogP contribution in [0.4, 0.5) is 0 Å². The first-order chi connectivity index (χ1) is 8.66. The highest BCUT2D eigenvalue weighted by Gasteiger charge is 2.25. The minimum Gasteiger partial charge on any atom is -0.477 e. The number of aliphatic imine (C=N–C) groups is 1. The summed E-state index contributed by atoms with van der Waals surface area (Å²) in [5.74, 6) is 0.702. The SMILES string of the molecule is CC1(C)COC(COC/C=C/c2ccccc2)=N1. The van der Waals surface area contributed by atoms with Gasteiger partial charge in [-0.05, 0) is 19.4 Å². The van der Waals surface area contributed by atoms with E-state index in [-0.39, 0.29) is 5.54 Å². The topological polar surface area (TPSA) is 30.8 Å². The standard InChI is InChI=1S/C15H19NO2/c1-15(2)12-18-14(16-15)11-17-10-6-9-13-7-4-3-5-8-13/h3-9H,10-12H2,1-2H3/b9-6+. The van der Waals surface area contributed by atoms with E-state index in [9.17, 15) is 0 Å². The largest absolute Gasteiger partial charge is 0.477 e. The summed E-state index contributed by atoms with van der Waals surface area (Å²) in [6.45, 7) is 5.76. The van der Waals surface area contributed by atoms with Crippen LogP contribution in [0.1, 0.15) is 19.4 Å². The Labute approximate surface area is 108 Å². The molecule has 0 radical (unpaired) electrons. The first kappa shape index (κ1) is 12.8. The Balaban J connectivity index is 1.69. The van der Waals surface area contributed by atoms with Crippen LogP contribution in [0.15, 0.2) is 41.4 Å². The van der Waals surface area contributed by atoms with Gasteiger partial charge in [0.25, 0.3) is 0 Å². The second kappa shape index (κ2) is 5.83. The van der Waals surface area contributed by atoms with Crippen molar-refractivity contribution in [2.75, 3.05) is 19.8 Å². The number of rotatable bonds is 5. The molecule has 96 valence electrons. The third-order valence-electron chi connectivity index (χ3n) is 2.57. The molecule has 0 bridgehead atoms. The van der Waals surface area contributed by atoms with Crippen molar-refractivity contribution in [1.82, 2.24) is 0 Å². The van der Waals surface area contributed by atoms with Crippen molar-refractivity contribution in [3.05, 3.63) is 42.0 Å². The lowest BCUT2D eigenvalue weighted by Crippen LogP contribution is -2.17. The summed E-state index contributed by atoms with van der Waals surface area (Å²) in [4.78, 5) is 4.42. The minimum absolute atomic E-state index is 0.0986. The molecule has 18 heavy (non-hydrogen) atoms. The van der Waals surface area contributed by atoms with Gasteiger partial charge >= 0.3 is 0 Å². The van der Waals surface area contributed by atoms with Crippen molar-refractivity contribution in [1.29, 1.82) is 0 Å². The van der Waals surface area contributed by atoms with E-state index in [0.717, 1.165) is 0 Å². The summed E-state index contributed by atoms with van der Waals surface area (Å²) >= 11 is 0. The Morgan fingerprint density at radius 2 is 2.11 bits per heavy atom. The summed E-state index contributed by atoms with van der Waals surface area (Å²) in [5.41, 5.74) is 1.08. The molecule has 0 spiro atoms. The summed E-state index contributed by atoms with van der Waals surface area (Å²) < 4.78 is 10.9. The van der Waals surface area contributed by atoms with Crippen LogP contribution in [0.25, 0.3) is 6.08 Å². The molecule has 1 aromatic rings. The fourth-order valence-corrected chi connectivity index (χ4v) is 1.70. The van der Waals surface area contributed by atoms with Crippen molar-refractivity contribution in [2.45, 2.75) is 19.4 Å². The smallest absolute Gasteiger partial charge is 0.210 e. The van der Waals surface area contributed by atoms with Crippen molar-refractivity contribution >= 4 is 12.0 Å². The van der Waals surface area contributed by atoms with Gasteiger partial charge in [0.15, 0.2) is 0 Å². The highest BCUT2D eigenvalue weighted by Crippen LogP contribution is 2.16. The maximum atomic E-state index is 5.49. The van der Waals surface area contributed by atoms with Gasteiger partial charge in [0.1, 0.15) is 13.2 Å². The highest BCUT2D eigenvalue weighted by atomic mass is 16.5. The Morgan fingerprint density at radius 1 is 1.33 bits per heavy atom. The van der Waals surface area contributed by atoms with Gasteiger partial charge in [-0.15, -0.1) is 0 Å². The molecule has 0 N–H and O–H groups in total. The van der Waals surface area contributed by atoms with Crippen LogP contribution in [0, 0.1) is 0 Å². The van der Waals surface area contributed by atoms with E-state index in [2.05, 4.69) is 31.0 Å². The lowest BCUT2D eigenvalue weighted by atomic mass is 10.1. The average Bonchev–Trinajstić information content (AvgIpc) is 2.70. The molecular weight excluding hydrogens is 226 g/mol. The van der Waals surface area contributed by atoms with E-state index in [1.807, 2.05) is 30.4 Å². The number of ether oxygens (including phenoxy) is 2. The highest BCUT2D eigenvalue weighted by molar-refractivity contribution is 5.79. The lowest BCUT2D eigenvalue weighted by Gasteiger charge is -2.07. The first-order valence-corrected chi connectivity index (χ1v) is 6.17. The number of benzene rings is 1. The van der Waals surface area contributed by atoms with Gasteiger partial charge in [0.2, 0.25) is 5.90 Å². The Kier molecular flexibility index (Phi) is 4.15. The Bertz CT molecular complexity index is 435. The fraction of sp³-hybridized carbons (Fsp3) is 0.400. The van der Waals surface area contributed by atoms with Crippen molar-refractivity contribution in [3.63, 3.8) is 0 Å². The van der Waals surface area contributed by atoms with Crippen LogP contribution >= 0.6 is 0 Å². The zero-order valence-electron chi connectivity index (χ0n) is 10.9. The van der Waals surface area contributed by atoms with E-state index >= 15 is 0 Å². The summed E-state index contributed by atoms with van der Waals surface area (Å²) in [6, 6.07) is 10.2. The number of nitrogens with zero attached hydrogens (tertiary/aromatic N) is 1. The molecule has 0 saturated carbocycles. The maximum absolute atomic E-state index is 5.49. The molecule has 3 nitrogen and oxygen atoms in total. The second-order valence-corrected chi connectivity index (χ2v) is 4.93. The normalized spacial score (nSPS) is 17.8. The molecule has 2 rings (SSSR count). The predicted octanol–water partition coefficient (Wildman–Crippen LogP) is 2.92. The molecule has 1 heterocycles. The van der Waals surface area contributed by atoms with Gasteiger partial charge in [-0.3, -0.25) is 0 Å². The molecule has 0 aromatic heterocycles. The predicted molar refractivity (Wildman–Crippen MR) is 73.8 cm³/mol. The van der Waals surface area contributed by atoms with Crippen LogP contribution < -0.4 is 0 Å². The Hall–Kier alpha value is -1.61. The average molecular weight is 245 g/mol. The quantitative estimate of drug-likeness (QED) is 0.747. The maximum Gasteiger partial charge on any atom is 0.210 e. The van der Waals surface area contributed by atoms with Crippen LogP contribution in [-0.2, 0) is 9.47 Å². The van der Waals surface area contributed by atoms with E-state index in [4.69, 9.17) is 9.47 Å². The molecule has 0 unspecified atom stereocenters. The lowest BCUT2D eigenvalue weighted by molar-refractivity contribution is 0.178. The fourth-order valence-electron chi connectivity index (χ4n) is 1.70. The van der Waals surface area contributed by atoms with Gasteiger partial charge in [-0.1, -0.05) is 42.5 Å². The number of hydrogen-bond donors (Lipinski definition) is 0. The molecule has 1 aliphatic heterocycles. The molecule has 1 aromatic carbocycles. The van der Waals surface area contributed by atoms with E-state index in [1.54, 1.807) is 0 Å². The molecule has 1 aliphatic rings. The molecule has 0 fully saturated rings. The van der Waals surface area contributed by atoms with Crippen LogP contribution in [0.3, 0.4) is 0 Å². The van der Waals surface area contributed by atoms with Gasteiger partial charge in [-0.25, -0.2) is 4.99 Å². The number of hydrogen-bond acceptors (Lipinski definition) is 3. The minimum atomic E-state index is -0.0986. The van der Waals surface area contributed by atoms with Gasteiger partial charge in [0, 0.05) is 0 Å². The van der Waals surface area contributed by atoms with Crippen molar-refractivity contribution in [2.24, 2.45) is 4.99 Å².